The van der Waals surface area contributed by atoms with Gasteiger partial charge in [0.15, 0.2) is 0 Å². The van der Waals surface area contributed by atoms with Crippen LogP contribution in [-0.4, -0.2) is 31.2 Å². The molecule has 0 bridgehead atoms. The Morgan fingerprint density at radius 3 is 2.63 bits per heavy atom. The van der Waals surface area contributed by atoms with Gasteiger partial charge in [0.2, 0.25) is 5.91 Å². The van der Waals surface area contributed by atoms with Crippen molar-refractivity contribution in [1.82, 2.24) is 19.5 Å². The minimum atomic E-state index is -0.429. The third-order valence-corrected chi connectivity index (χ3v) is 4.47. The summed E-state index contributed by atoms with van der Waals surface area (Å²) in [6.45, 7) is 3.32. The molecule has 3 rings (SSSR count). The Balaban J connectivity index is 2.04. The van der Waals surface area contributed by atoms with E-state index in [2.05, 4.69) is 10.4 Å². The van der Waals surface area contributed by atoms with Gasteiger partial charge in [0.25, 0.3) is 5.56 Å². The first-order chi connectivity index (χ1) is 12.9. The van der Waals surface area contributed by atoms with Crippen LogP contribution < -0.4 is 10.9 Å². The highest BCUT2D eigenvalue weighted by molar-refractivity contribution is 5.76. The average molecular weight is 372 g/mol. The SMILES string of the molecule is CC[C@H](C)NC(=O)Cn1ccn2nc(-c3ccc(F)cc3)c(CO)c2c1=O. The van der Waals surface area contributed by atoms with Gasteiger partial charge in [-0.25, -0.2) is 8.91 Å². The Bertz CT molecular complexity index is 1020. The summed E-state index contributed by atoms with van der Waals surface area (Å²) in [6, 6.07) is 5.67. The zero-order valence-corrected chi connectivity index (χ0v) is 15.1. The Labute approximate surface area is 155 Å². The van der Waals surface area contributed by atoms with Gasteiger partial charge in [0.05, 0.1) is 12.3 Å². The Morgan fingerprint density at radius 1 is 1.30 bits per heavy atom. The summed E-state index contributed by atoms with van der Waals surface area (Å²) in [7, 11) is 0. The molecule has 0 fully saturated rings. The lowest BCUT2D eigenvalue weighted by Crippen LogP contribution is -2.37. The van der Waals surface area contributed by atoms with Crippen LogP contribution in [0.25, 0.3) is 16.8 Å². The molecule has 27 heavy (non-hydrogen) atoms. The number of carbonyl (C=O) groups excluding carboxylic acids is 1. The topological polar surface area (TPSA) is 88.6 Å². The Kier molecular flexibility index (Phi) is 5.36. The third-order valence-electron chi connectivity index (χ3n) is 4.47. The molecule has 0 aliphatic rings. The number of benzene rings is 1. The van der Waals surface area contributed by atoms with E-state index in [0.717, 1.165) is 6.42 Å². The fourth-order valence-electron chi connectivity index (χ4n) is 2.84. The van der Waals surface area contributed by atoms with Crippen LogP contribution in [0, 0.1) is 5.82 Å². The second-order valence-corrected chi connectivity index (χ2v) is 6.39. The van der Waals surface area contributed by atoms with Crippen LogP contribution in [0.4, 0.5) is 4.39 Å². The van der Waals surface area contributed by atoms with Crippen LogP contribution in [0.2, 0.25) is 0 Å². The number of carbonyl (C=O) groups is 1. The predicted molar refractivity (Wildman–Crippen MR) is 98.7 cm³/mol. The minimum Gasteiger partial charge on any atom is -0.392 e. The lowest BCUT2D eigenvalue weighted by Gasteiger charge is -2.12. The van der Waals surface area contributed by atoms with Crippen molar-refractivity contribution < 1.29 is 14.3 Å². The number of hydrogen-bond acceptors (Lipinski definition) is 4. The van der Waals surface area contributed by atoms with Crippen molar-refractivity contribution >= 4 is 11.4 Å². The lowest BCUT2D eigenvalue weighted by molar-refractivity contribution is -0.122. The van der Waals surface area contributed by atoms with E-state index in [-0.39, 0.29) is 29.8 Å². The molecule has 2 heterocycles. The number of amides is 1. The van der Waals surface area contributed by atoms with Crippen molar-refractivity contribution in [2.45, 2.75) is 39.5 Å². The zero-order valence-electron chi connectivity index (χ0n) is 15.1. The van der Waals surface area contributed by atoms with Crippen LogP contribution in [0.15, 0.2) is 41.5 Å². The third kappa shape index (κ3) is 3.75. The molecule has 2 aromatic heterocycles. The molecule has 0 radical (unpaired) electrons. The standard InChI is InChI=1S/C19H21FN4O3/c1-3-12(2)21-16(26)10-23-8-9-24-18(19(23)27)15(11-25)17(22-24)13-4-6-14(20)7-5-13/h4-9,12,25H,3,10-11H2,1-2H3,(H,21,26)/t12-/m0/s1. The maximum Gasteiger partial charge on any atom is 0.277 e. The number of aliphatic hydroxyl groups is 1. The summed E-state index contributed by atoms with van der Waals surface area (Å²) in [6.07, 6.45) is 3.82. The van der Waals surface area contributed by atoms with Gasteiger partial charge in [-0.2, -0.15) is 5.10 Å². The van der Waals surface area contributed by atoms with Gasteiger partial charge in [0, 0.05) is 29.6 Å². The van der Waals surface area contributed by atoms with Gasteiger partial charge in [-0.3, -0.25) is 9.59 Å². The first kappa shape index (κ1) is 18.8. The van der Waals surface area contributed by atoms with Gasteiger partial charge in [-0.1, -0.05) is 6.92 Å². The first-order valence-corrected chi connectivity index (χ1v) is 8.71. The maximum absolute atomic E-state index is 13.2. The molecule has 1 atom stereocenters. The fourth-order valence-corrected chi connectivity index (χ4v) is 2.84. The second kappa shape index (κ2) is 7.71. The van der Waals surface area contributed by atoms with Crippen LogP contribution >= 0.6 is 0 Å². The molecular formula is C19H21FN4O3. The number of hydrogen-bond donors (Lipinski definition) is 2. The molecule has 2 N–H and O–H groups in total. The molecule has 0 spiro atoms. The molecular weight excluding hydrogens is 351 g/mol. The van der Waals surface area contributed by atoms with E-state index in [1.165, 1.54) is 39.5 Å². The molecule has 0 unspecified atom stereocenters. The minimum absolute atomic E-state index is 0.0185. The molecule has 1 aromatic carbocycles. The van der Waals surface area contributed by atoms with Crippen LogP contribution in [0.1, 0.15) is 25.8 Å². The van der Waals surface area contributed by atoms with E-state index >= 15 is 0 Å². The monoisotopic (exact) mass is 372 g/mol. The molecule has 0 aliphatic heterocycles. The molecule has 8 heteroatoms. The molecule has 7 nitrogen and oxygen atoms in total. The van der Waals surface area contributed by atoms with E-state index in [9.17, 15) is 19.1 Å². The van der Waals surface area contributed by atoms with Gasteiger partial charge in [0.1, 0.15) is 17.9 Å². The number of aromatic nitrogens is 3. The van der Waals surface area contributed by atoms with E-state index in [1.54, 1.807) is 6.20 Å². The normalized spacial score (nSPS) is 12.3. The fraction of sp³-hybridized carbons (Fsp3) is 0.316. The summed E-state index contributed by atoms with van der Waals surface area (Å²) in [5, 5.41) is 17.0. The largest absolute Gasteiger partial charge is 0.392 e. The molecule has 0 aliphatic carbocycles. The first-order valence-electron chi connectivity index (χ1n) is 8.71. The van der Waals surface area contributed by atoms with Gasteiger partial charge < -0.3 is 15.0 Å². The van der Waals surface area contributed by atoms with E-state index < -0.39 is 12.2 Å². The van der Waals surface area contributed by atoms with Crippen molar-refractivity contribution in [3.05, 3.63) is 58.4 Å². The highest BCUT2D eigenvalue weighted by Gasteiger charge is 2.18. The highest BCUT2D eigenvalue weighted by atomic mass is 19.1. The van der Waals surface area contributed by atoms with Crippen molar-refractivity contribution in [3.63, 3.8) is 0 Å². The summed E-state index contributed by atoms with van der Waals surface area (Å²) in [5.74, 6) is -0.651. The van der Waals surface area contributed by atoms with Gasteiger partial charge in [-0.15, -0.1) is 0 Å². The van der Waals surface area contributed by atoms with E-state index in [1.807, 2.05) is 13.8 Å². The number of nitrogens with one attached hydrogen (secondary N) is 1. The molecule has 0 saturated carbocycles. The number of fused-ring (bicyclic) bond motifs is 1. The summed E-state index contributed by atoms with van der Waals surface area (Å²) in [4.78, 5) is 25.0. The summed E-state index contributed by atoms with van der Waals surface area (Å²) in [5.41, 5.74) is 1.08. The highest BCUT2D eigenvalue weighted by Crippen LogP contribution is 2.25. The lowest BCUT2D eigenvalue weighted by atomic mass is 10.1. The summed E-state index contributed by atoms with van der Waals surface area (Å²) < 4.78 is 15.8. The van der Waals surface area contributed by atoms with Gasteiger partial charge in [-0.05, 0) is 37.6 Å². The number of nitrogens with zero attached hydrogens (tertiary/aromatic N) is 3. The number of rotatable bonds is 6. The smallest absolute Gasteiger partial charge is 0.277 e. The van der Waals surface area contributed by atoms with Crippen molar-refractivity contribution in [2.75, 3.05) is 0 Å². The van der Waals surface area contributed by atoms with E-state index in [0.29, 0.717) is 16.8 Å². The molecule has 3 aromatic rings. The van der Waals surface area contributed by atoms with Crippen LogP contribution in [0.5, 0.6) is 0 Å². The Hall–Kier alpha value is -3.00. The summed E-state index contributed by atoms with van der Waals surface area (Å²) >= 11 is 0. The van der Waals surface area contributed by atoms with Crippen molar-refractivity contribution in [1.29, 1.82) is 0 Å². The van der Waals surface area contributed by atoms with Crippen LogP contribution in [-0.2, 0) is 17.9 Å². The van der Waals surface area contributed by atoms with E-state index in [4.69, 9.17) is 0 Å². The van der Waals surface area contributed by atoms with Gasteiger partial charge >= 0.3 is 0 Å². The molecule has 142 valence electrons. The zero-order chi connectivity index (χ0) is 19.6. The van der Waals surface area contributed by atoms with Crippen molar-refractivity contribution in [3.8, 4) is 11.3 Å². The average Bonchev–Trinajstić information content (AvgIpc) is 3.03. The maximum atomic E-state index is 13.2. The number of halogens is 1. The predicted octanol–water partition coefficient (Wildman–Crippen LogP) is 1.71. The molecule has 0 saturated heterocycles. The Morgan fingerprint density at radius 2 is 2.00 bits per heavy atom. The number of aliphatic hydroxyl groups excluding tert-OH is 1. The molecule has 1 amide bonds. The quantitative estimate of drug-likeness (QED) is 0.689. The van der Waals surface area contributed by atoms with Crippen LogP contribution in [0.3, 0.4) is 0 Å². The second-order valence-electron chi connectivity index (χ2n) is 6.39. The van der Waals surface area contributed by atoms with Crippen molar-refractivity contribution in [2.24, 2.45) is 0 Å².